The minimum absolute atomic E-state index is 0.150. The molecule has 2 heterocycles. The molecule has 1 N–H and O–H groups in total. The van der Waals surface area contributed by atoms with E-state index in [1.165, 1.54) is 11.3 Å². The molecular weight excluding hydrogens is 336 g/mol. The largest absolute Gasteiger partial charge is 0.369 e. The molecule has 144 valence electrons. The fourth-order valence-corrected chi connectivity index (χ4v) is 3.45. The highest BCUT2D eigenvalue weighted by atomic mass is 16.1. The lowest BCUT2D eigenvalue weighted by Crippen LogP contribution is -2.47. The Morgan fingerprint density at radius 1 is 1.11 bits per heavy atom. The molecule has 0 spiro atoms. The number of nitrogens with one attached hydrogen (secondary N) is 1. The lowest BCUT2D eigenvalue weighted by Gasteiger charge is -2.36. The van der Waals surface area contributed by atoms with Gasteiger partial charge in [-0.15, -0.1) is 0 Å². The summed E-state index contributed by atoms with van der Waals surface area (Å²) in [6, 6.07) is 14.6. The molecule has 0 bridgehead atoms. The number of carbonyl (C=O) groups excluding carboxylic acids is 1. The molecular formula is C22H30N4O. The number of nitrogens with zero attached hydrogens (tertiary/aromatic N) is 3. The first-order chi connectivity index (χ1) is 13.2. The van der Waals surface area contributed by atoms with Gasteiger partial charge in [0.2, 0.25) is 5.91 Å². The second kappa shape index (κ2) is 10.1. The number of piperazine rings is 1. The Kier molecular flexibility index (Phi) is 7.22. The highest BCUT2D eigenvalue weighted by Gasteiger charge is 2.17. The molecule has 1 aromatic carbocycles. The monoisotopic (exact) mass is 366 g/mol. The number of hydrogen-bond donors (Lipinski definition) is 1. The van der Waals surface area contributed by atoms with E-state index in [1.807, 2.05) is 24.4 Å². The first-order valence-electron chi connectivity index (χ1n) is 9.91. The number of carbonyl (C=O) groups is 1. The number of pyridine rings is 1. The van der Waals surface area contributed by atoms with Crippen molar-refractivity contribution in [1.29, 1.82) is 0 Å². The molecule has 1 fully saturated rings. The number of hydrogen-bond acceptors (Lipinski definition) is 4. The van der Waals surface area contributed by atoms with Crippen molar-refractivity contribution in [2.45, 2.75) is 26.2 Å². The van der Waals surface area contributed by atoms with Gasteiger partial charge in [-0.25, -0.2) is 0 Å². The average Bonchev–Trinajstić information content (AvgIpc) is 2.71. The van der Waals surface area contributed by atoms with Crippen LogP contribution in [0.1, 0.15) is 24.1 Å². The van der Waals surface area contributed by atoms with Crippen LogP contribution in [0.3, 0.4) is 0 Å². The Morgan fingerprint density at radius 2 is 1.96 bits per heavy atom. The van der Waals surface area contributed by atoms with E-state index in [1.54, 1.807) is 0 Å². The number of benzene rings is 1. The molecule has 0 saturated carbocycles. The van der Waals surface area contributed by atoms with Crippen LogP contribution in [-0.4, -0.2) is 55.1 Å². The molecule has 2 aromatic rings. The summed E-state index contributed by atoms with van der Waals surface area (Å²) in [5, 5.41) is 3.03. The van der Waals surface area contributed by atoms with Gasteiger partial charge in [-0.1, -0.05) is 18.2 Å². The van der Waals surface area contributed by atoms with Gasteiger partial charge >= 0.3 is 0 Å². The molecule has 27 heavy (non-hydrogen) atoms. The lowest BCUT2D eigenvalue weighted by atomic mass is 10.2. The summed E-state index contributed by atoms with van der Waals surface area (Å²) < 4.78 is 0. The summed E-state index contributed by atoms with van der Waals surface area (Å²) in [5.41, 5.74) is 3.69. The van der Waals surface area contributed by atoms with E-state index in [2.05, 4.69) is 51.3 Å². The Morgan fingerprint density at radius 3 is 2.70 bits per heavy atom. The van der Waals surface area contributed by atoms with Crippen molar-refractivity contribution in [2.24, 2.45) is 0 Å². The standard InChI is InChI=1S/C22H30N4O/c1-19-6-4-9-21(18-19)26-16-14-25(15-17-26)13-10-22(27)24-12-5-8-20-7-2-3-11-23-20/h2-4,6-7,9,11,18H,5,8,10,12-17H2,1H3,(H,24,27). The third kappa shape index (κ3) is 6.36. The van der Waals surface area contributed by atoms with E-state index >= 15 is 0 Å². The van der Waals surface area contributed by atoms with Crippen LogP contribution in [0.4, 0.5) is 5.69 Å². The van der Waals surface area contributed by atoms with Gasteiger partial charge in [-0.2, -0.15) is 0 Å². The van der Waals surface area contributed by atoms with Gasteiger partial charge < -0.3 is 10.2 Å². The topological polar surface area (TPSA) is 48.5 Å². The molecule has 0 atom stereocenters. The maximum atomic E-state index is 12.1. The maximum Gasteiger partial charge on any atom is 0.221 e. The van der Waals surface area contributed by atoms with Gasteiger partial charge in [0.25, 0.3) is 0 Å². The van der Waals surface area contributed by atoms with E-state index in [9.17, 15) is 4.79 Å². The van der Waals surface area contributed by atoms with Gasteiger partial charge in [0.1, 0.15) is 0 Å². The Hall–Kier alpha value is -2.40. The number of aromatic nitrogens is 1. The van der Waals surface area contributed by atoms with Crippen LogP contribution in [0.25, 0.3) is 0 Å². The van der Waals surface area contributed by atoms with Crippen molar-refractivity contribution < 1.29 is 4.79 Å². The summed E-state index contributed by atoms with van der Waals surface area (Å²) in [5.74, 6) is 0.150. The quantitative estimate of drug-likeness (QED) is 0.730. The van der Waals surface area contributed by atoms with Crippen LogP contribution in [0.5, 0.6) is 0 Å². The minimum Gasteiger partial charge on any atom is -0.369 e. The van der Waals surface area contributed by atoms with Gasteiger partial charge in [-0.05, 0) is 49.6 Å². The van der Waals surface area contributed by atoms with Crippen molar-refractivity contribution in [3.05, 3.63) is 59.9 Å². The van der Waals surface area contributed by atoms with Crippen LogP contribution >= 0.6 is 0 Å². The van der Waals surface area contributed by atoms with Crippen molar-refractivity contribution in [3.63, 3.8) is 0 Å². The van der Waals surface area contributed by atoms with Crippen molar-refractivity contribution in [2.75, 3.05) is 44.2 Å². The Balaban J connectivity index is 1.29. The van der Waals surface area contributed by atoms with Gasteiger partial charge in [-0.3, -0.25) is 14.7 Å². The third-order valence-corrected chi connectivity index (χ3v) is 5.05. The van der Waals surface area contributed by atoms with Gasteiger partial charge in [0, 0.05) is 63.3 Å². The van der Waals surface area contributed by atoms with Crippen molar-refractivity contribution >= 4 is 11.6 Å². The smallest absolute Gasteiger partial charge is 0.221 e. The molecule has 1 aliphatic rings. The molecule has 0 aliphatic carbocycles. The predicted molar refractivity (Wildman–Crippen MR) is 110 cm³/mol. The van der Waals surface area contributed by atoms with Crippen LogP contribution in [0.2, 0.25) is 0 Å². The first-order valence-corrected chi connectivity index (χ1v) is 9.91. The summed E-state index contributed by atoms with van der Waals surface area (Å²) in [4.78, 5) is 21.2. The highest BCUT2D eigenvalue weighted by molar-refractivity contribution is 5.76. The van der Waals surface area contributed by atoms with E-state index in [0.29, 0.717) is 6.42 Å². The zero-order valence-corrected chi connectivity index (χ0v) is 16.2. The fraction of sp³-hybridized carbons (Fsp3) is 0.455. The molecule has 1 aromatic heterocycles. The number of amides is 1. The average molecular weight is 367 g/mol. The number of aryl methyl sites for hydroxylation is 2. The predicted octanol–water partition coefficient (Wildman–Crippen LogP) is 2.65. The molecule has 1 aliphatic heterocycles. The van der Waals surface area contributed by atoms with E-state index < -0.39 is 0 Å². The minimum atomic E-state index is 0.150. The number of rotatable bonds is 8. The maximum absolute atomic E-state index is 12.1. The summed E-state index contributed by atoms with van der Waals surface area (Å²) in [7, 11) is 0. The molecule has 5 nitrogen and oxygen atoms in total. The molecule has 3 rings (SSSR count). The first kappa shape index (κ1) is 19.4. The van der Waals surface area contributed by atoms with Crippen LogP contribution in [-0.2, 0) is 11.2 Å². The highest BCUT2D eigenvalue weighted by Crippen LogP contribution is 2.17. The van der Waals surface area contributed by atoms with Crippen LogP contribution < -0.4 is 10.2 Å². The molecule has 1 amide bonds. The van der Waals surface area contributed by atoms with Crippen LogP contribution in [0.15, 0.2) is 48.7 Å². The van der Waals surface area contributed by atoms with E-state index in [0.717, 1.165) is 57.8 Å². The molecule has 0 radical (unpaired) electrons. The lowest BCUT2D eigenvalue weighted by molar-refractivity contribution is -0.121. The normalized spacial score (nSPS) is 14.9. The summed E-state index contributed by atoms with van der Waals surface area (Å²) in [6.45, 7) is 7.77. The fourth-order valence-electron chi connectivity index (χ4n) is 3.45. The van der Waals surface area contributed by atoms with Crippen molar-refractivity contribution in [1.82, 2.24) is 15.2 Å². The Bertz CT molecular complexity index is 711. The third-order valence-electron chi connectivity index (χ3n) is 5.05. The zero-order chi connectivity index (χ0) is 18.9. The second-order valence-corrected chi connectivity index (χ2v) is 7.19. The molecule has 1 saturated heterocycles. The zero-order valence-electron chi connectivity index (χ0n) is 16.2. The summed E-state index contributed by atoms with van der Waals surface area (Å²) in [6.07, 6.45) is 4.22. The van der Waals surface area contributed by atoms with Crippen molar-refractivity contribution in [3.8, 4) is 0 Å². The van der Waals surface area contributed by atoms with Gasteiger partial charge in [0.15, 0.2) is 0 Å². The second-order valence-electron chi connectivity index (χ2n) is 7.19. The summed E-state index contributed by atoms with van der Waals surface area (Å²) >= 11 is 0. The SMILES string of the molecule is Cc1cccc(N2CCN(CCC(=O)NCCCc3ccccn3)CC2)c1. The van der Waals surface area contributed by atoms with Gasteiger partial charge in [0.05, 0.1) is 0 Å². The Labute approximate surface area is 162 Å². The van der Waals surface area contributed by atoms with E-state index in [4.69, 9.17) is 0 Å². The van der Waals surface area contributed by atoms with Crippen LogP contribution in [0, 0.1) is 6.92 Å². The molecule has 5 heteroatoms. The molecule has 0 unspecified atom stereocenters. The van der Waals surface area contributed by atoms with E-state index in [-0.39, 0.29) is 5.91 Å². The number of anilines is 1.